The van der Waals surface area contributed by atoms with Gasteiger partial charge in [0.1, 0.15) is 6.10 Å². The lowest BCUT2D eigenvalue weighted by Crippen LogP contribution is -2.56. The van der Waals surface area contributed by atoms with Crippen LogP contribution in [0.1, 0.15) is 20.8 Å². The zero-order chi connectivity index (χ0) is 19.0. The first-order chi connectivity index (χ1) is 12.4. The number of ether oxygens (including phenoxy) is 2. The average Bonchev–Trinajstić information content (AvgIpc) is 2.64. The van der Waals surface area contributed by atoms with Gasteiger partial charge in [-0.2, -0.15) is 0 Å². The quantitative estimate of drug-likeness (QED) is 0.347. The summed E-state index contributed by atoms with van der Waals surface area (Å²) in [6.45, 7) is 11.0. The number of nitrogens with zero attached hydrogens (tertiary/aromatic N) is 2. The number of guanidine groups is 1. The summed E-state index contributed by atoms with van der Waals surface area (Å²) in [6, 6.07) is 6.42. The Labute approximate surface area is 178 Å². The molecule has 2 rings (SSSR count). The Morgan fingerprint density at radius 2 is 1.96 bits per heavy atom. The topological polar surface area (TPSA) is 58.1 Å². The lowest BCUT2D eigenvalue weighted by atomic mass is 10.0. The number of hydrogen-bond acceptors (Lipinski definition) is 4. The second-order valence-corrected chi connectivity index (χ2v) is 7.08. The predicted octanol–water partition coefficient (Wildman–Crippen LogP) is 2.49. The Hall–Kier alpha value is -1.13. The van der Waals surface area contributed by atoms with E-state index in [1.54, 1.807) is 25.2 Å². The van der Waals surface area contributed by atoms with Crippen LogP contribution in [0, 0.1) is 5.82 Å². The monoisotopic (exact) mass is 494 g/mol. The second-order valence-electron chi connectivity index (χ2n) is 7.08. The number of aliphatic imine (C=N–C) groups is 1. The summed E-state index contributed by atoms with van der Waals surface area (Å²) in [5, 5.41) is 6.60. The molecule has 1 heterocycles. The molecule has 1 atom stereocenters. The molecule has 1 unspecified atom stereocenters. The summed E-state index contributed by atoms with van der Waals surface area (Å²) in [6.07, 6.45) is -0.197. The summed E-state index contributed by atoms with van der Waals surface area (Å²) in [5.41, 5.74) is -0.00329. The third-order valence-electron chi connectivity index (χ3n) is 4.50. The highest BCUT2D eigenvalue weighted by molar-refractivity contribution is 14.0. The first kappa shape index (κ1) is 23.9. The highest BCUT2D eigenvalue weighted by Crippen LogP contribution is 2.17. The van der Waals surface area contributed by atoms with E-state index in [0.29, 0.717) is 12.5 Å². The van der Waals surface area contributed by atoms with Crippen LogP contribution in [0.25, 0.3) is 0 Å². The molecule has 2 N–H and O–H groups in total. The Morgan fingerprint density at radius 1 is 1.30 bits per heavy atom. The molecule has 0 aliphatic carbocycles. The van der Waals surface area contributed by atoms with Crippen molar-refractivity contribution in [1.82, 2.24) is 15.5 Å². The van der Waals surface area contributed by atoms with Crippen LogP contribution in [0.4, 0.5) is 4.39 Å². The number of rotatable bonds is 7. The lowest BCUT2D eigenvalue weighted by Gasteiger charge is -2.41. The van der Waals surface area contributed by atoms with Gasteiger partial charge in [0.05, 0.1) is 19.8 Å². The van der Waals surface area contributed by atoms with Crippen molar-refractivity contribution in [2.45, 2.75) is 32.4 Å². The smallest absolute Gasteiger partial charge is 0.191 e. The van der Waals surface area contributed by atoms with Crippen molar-refractivity contribution in [3.8, 4) is 5.75 Å². The highest BCUT2D eigenvalue weighted by Gasteiger charge is 2.28. The highest BCUT2D eigenvalue weighted by atomic mass is 127. The van der Waals surface area contributed by atoms with Gasteiger partial charge in [-0.1, -0.05) is 12.1 Å². The fraction of sp³-hybridized carbons (Fsp3) is 0.632. The van der Waals surface area contributed by atoms with E-state index in [9.17, 15) is 4.39 Å². The third kappa shape index (κ3) is 7.79. The van der Waals surface area contributed by atoms with Gasteiger partial charge in [0.15, 0.2) is 17.5 Å². The molecule has 6 nitrogen and oxygen atoms in total. The Kier molecular flexibility index (Phi) is 10.3. The molecule has 1 aromatic carbocycles. The van der Waals surface area contributed by atoms with Crippen LogP contribution in [0.15, 0.2) is 29.3 Å². The van der Waals surface area contributed by atoms with Gasteiger partial charge >= 0.3 is 0 Å². The van der Waals surface area contributed by atoms with Gasteiger partial charge in [0, 0.05) is 32.2 Å². The summed E-state index contributed by atoms with van der Waals surface area (Å²) in [4.78, 5) is 6.67. The van der Waals surface area contributed by atoms with Gasteiger partial charge in [0.2, 0.25) is 0 Å². The molecule has 0 saturated carbocycles. The van der Waals surface area contributed by atoms with Crippen molar-refractivity contribution < 1.29 is 13.9 Å². The Morgan fingerprint density at radius 3 is 2.59 bits per heavy atom. The number of nitrogens with one attached hydrogen (secondary N) is 2. The molecule has 1 aliphatic heterocycles. The minimum atomic E-state index is -0.353. The first-order valence-corrected chi connectivity index (χ1v) is 9.11. The molecule has 154 valence electrons. The summed E-state index contributed by atoms with van der Waals surface area (Å²) >= 11 is 0. The van der Waals surface area contributed by atoms with Crippen molar-refractivity contribution in [1.29, 1.82) is 0 Å². The maximum absolute atomic E-state index is 13.6. The van der Waals surface area contributed by atoms with Gasteiger partial charge < -0.3 is 20.1 Å². The molecule has 0 radical (unpaired) electrons. The molecular formula is C19H32FIN4O2. The summed E-state index contributed by atoms with van der Waals surface area (Å²) in [5.74, 6) is 0.614. The molecule has 0 amide bonds. The van der Waals surface area contributed by atoms with Crippen molar-refractivity contribution >= 4 is 29.9 Å². The molecule has 1 fully saturated rings. The maximum Gasteiger partial charge on any atom is 0.191 e. The molecule has 27 heavy (non-hydrogen) atoms. The minimum Gasteiger partial charge on any atom is -0.486 e. The number of para-hydroxylation sites is 1. The summed E-state index contributed by atoms with van der Waals surface area (Å²) in [7, 11) is 1.74. The SMILES string of the molecule is CN=C(NCC(C)Oc1ccccc1F)NCC(C)(C)N1CCOCC1.I. The molecule has 1 aliphatic rings. The fourth-order valence-electron chi connectivity index (χ4n) is 2.84. The predicted molar refractivity (Wildman–Crippen MR) is 118 cm³/mol. The van der Waals surface area contributed by atoms with Crippen LogP contribution in [0.5, 0.6) is 5.75 Å². The van der Waals surface area contributed by atoms with E-state index in [4.69, 9.17) is 9.47 Å². The first-order valence-electron chi connectivity index (χ1n) is 9.11. The van der Waals surface area contributed by atoms with Crippen LogP contribution in [-0.4, -0.2) is 68.9 Å². The van der Waals surface area contributed by atoms with Crippen LogP contribution in [0.2, 0.25) is 0 Å². The van der Waals surface area contributed by atoms with E-state index >= 15 is 0 Å². The van der Waals surface area contributed by atoms with Gasteiger partial charge in [-0.25, -0.2) is 4.39 Å². The molecule has 0 spiro atoms. The second kappa shape index (κ2) is 11.7. The molecular weight excluding hydrogens is 462 g/mol. The standard InChI is InChI=1S/C19H31FN4O2.HI/c1-15(26-17-8-6-5-7-16(17)20)13-22-18(21-4)23-14-19(2,3)24-9-11-25-12-10-24;/h5-8,15H,9-14H2,1-4H3,(H2,21,22,23);1H. The molecule has 1 aromatic rings. The molecule has 0 aromatic heterocycles. The van der Waals surface area contributed by atoms with Crippen LogP contribution in [-0.2, 0) is 4.74 Å². The number of hydrogen-bond donors (Lipinski definition) is 2. The largest absolute Gasteiger partial charge is 0.486 e. The van der Waals surface area contributed by atoms with Crippen LogP contribution >= 0.6 is 24.0 Å². The van der Waals surface area contributed by atoms with Gasteiger partial charge in [0.25, 0.3) is 0 Å². The van der Waals surface area contributed by atoms with Crippen LogP contribution < -0.4 is 15.4 Å². The normalized spacial score (nSPS) is 17.0. The van der Waals surface area contributed by atoms with E-state index < -0.39 is 0 Å². The fourth-order valence-corrected chi connectivity index (χ4v) is 2.84. The van der Waals surface area contributed by atoms with Gasteiger partial charge in [-0.05, 0) is 32.9 Å². The Balaban J connectivity index is 0.00000364. The zero-order valence-corrected chi connectivity index (χ0v) is 19.0. The van der Waals surface area contributed by atoms with E-state index in [-0.39, 0.29) is 47.2 Å². The van der Waals surface area contributed by atoms with Gasteiger partial charge in [-0.15, -0.1) is 24.0 Å². The van der Waals surface area contributed by atoms with E-state index in [0.717, 1.165) is 32.8 Å². The van der Waals surface area contributed by atoms with Crippen molar-refractivity contribution in [3.05, 3.63) is 30.1 Å². The van der Waals surface area contributed by atoms with Crippen molar-refractivity contribution in [2.75, 3.05) is 46.4 Å². The van der Waals surface area contributed by atoms with Crippen molar-refractivity contribution in [2.24, 2.45) is 4.99 Å². The maximum atomic E-state index is 13.6. The average molecular weight is 494 g/mol. The molecule has 8 heteroatoms. The Bertz CT molecular complexity index is 595. The minimum absolute atomic E-state index is 0. The lowest BCUT2D eigenvalue weighted by molar-refractivity contribution is -0.00834. The summed E-state index contributed by atoms with van der Waals surface area (Å²) < 4.78 is 24.7. The number of benzene rings is 1. The number of halogens is 2. The zero-order valence-electron chi connectivity index (χ0n) is 16.6. The van der Waals surface area contributed by atoms with E-state index in [2.05, 4.69) is 34.4 Å². The van der Waals surface area contributed by atoms with E-state index in [1.165, 1.54) is 6.07 Å². The van der Waals surface area contributed by atoms with Crippen molar-refractivity contribution in [3.63, 3.8) is 0 Å². The third-order valence-corrected chi connectivity index (χ3v) is 4.50. The molecule has 1 saturated heterocycles. The number of morpholine rings is 1. The van der Waals surface area contributed by atoms with Gasteiger partial charge in [-0.3, -0.25) is 9.89 Å². The van der Waals surface area contributed by atoms with Crippen LogP contribution in [0.3, 0.4) is 0 Å². The van der Waals surface area contributed by atoms with E-state index in [1.807, 2.05) is 6.92 Å². The molecule has 0 bridgehead atoms.